The average molecular weight is 414 g/mol. The first kappa shape index (κ1) is 18.4. The summed E-state index contributed by atoms with van der Waals surface area (Å²) in [6.07, 6.45) is 3.04. The lowest BCUT2D eigenvalue weighted by Gasteiger charge is -2.26. The van der Waals surface area contributed by atoms with Crippen molar-refractivity contribution in [3.05, 3.63) is 76.3 Å². The highest BCUT2D eigenvalue weighted by Crippen LogP contribution is 2.22. The lowest BCUT2D eigenvalue weighted by Crippen LogP contribution is -2.37. The molecular formula is C21H20BrNO3. The second-order valence-corrected chi connectivity index (χ2v) is 7.06. The lowest BCUT2D eigenvalue weighted by molar-refractivity contribution is -0.151. The van der Waals surface area contributed by atoms with E-state index < -0.39 is 5.97 Å². The number of ether oxygens (including phenoxy) is 1. The highest BCUT2D eigenvalue weighted by Gasteiger charge is 2.19. The molecule has 1 aliphatic heterocycles. The molecule has 26 heavy (non-hydrogen) atoms. The summed E-state index contributed by atoms with van der Waals surface area (Å²) in [5, 5.41) is 0. The number of hydrogen-bond donors (Lipinski definition) is 0. The minimum atomic E-state index is -0.391. The van der Waals surface area contributed by atoms with Gasteiger partial charge in [-0.15, -0.1) is 0 Å². The summed E-state index contributed by atoms with van der Waals surface area (Å²) in [7, 11) is 0. The normalized spacial score (nSPS) is 13.9. The van der Waals surface area contributed by atoms with Crippen LogP contribution in [0.25, 0.3) is 5.57 Å². The number of esters is 1. The second-order valence-electron chi connectivity index (χ2n) is 6.15. The molecule has 1 heterocycles. The van der Waals surface area contributed by atoms with E-state index in [-0.39, 0.29) is 18.9 Å². The molecule has 0 radical (unpaired) electrons. The third-order valence-electron chi connectivity index (χ3n) is 4.32. The van der Waals surface area contributed by atoms with Crippen LogP contribution in [-0.4, -0.2) is 36.5 Å². The van der Waals surface area contributed by atoms with Gasteiger partial charge in [-0.25, -0.2) is 0 Å². The van der Waals surface area contributed by atoms with Gasteiger partial charge in [0.25, 0.3) is 5.91 Å². The maximum atomic E-state index is 12.3. The second kappa shape index (κ2) is 8.81. The summed E-state index contributed by atoms with van der Waals surface area (Å²) in [5.74, 6) is -0.546. The Labute approximate surface area is 161 Å². The van der Waals surface area contributed by atoms with Gasteiger partial charge in [0.05, 0.1) is 6.42 Å². The molecule has 0 unspecified atom stereocenters. The smallest absolute Gasteiger partial charge is 0.310 e. The number of rotatable bonds is 5. The van der Waals surface area contributed by atoms with Gasteiger partial charge < -0.3 is 9.64 Å². The molecule has 134 valence electrons. The number of amides is 1. The van der Waals surface area contributed by atoms with E-state index in [2.05, 4.69) is 34.1 Å². The summed E-state index contributed by atoms with van der Waals surface area (Å²) < 4.78 is 6.10. The van der Waals surface area contributed by atoms with Crippen LogP contribution in [0.5, 0.6) is 0 Å². The van der Waals surface area contributed by atoms with E-state index in [1.54, 1.807) is 4.90 Å². The molecule has 0 fully saturated rings. The van der Waals surface area contributed by atoms with Gasteiger partial charge in [-0.2, -0.15) is 0 Å². The highest BCUT2D eigenvalue weighted by atomic mass is 79.9. The lowest BCUT2D eigenvalue weighted by atomic mass is 10.00. The van der Waals surface area contributed by atoms with Gasteiger partial charge >= 0.3 is 5.97 Å². The van der Waals surface area contributed by atoms with Crippen LogP contribution >= 0.6 is 15.9 Å². The quantitative estimate of drug-likeness (QED) is 0.699. The standard InChI is InChI=1S/C21H20BrNO3/c22-19-8-6-16(7-9-19)14-21(25)26-15-20(24)23-12-10-18(11-13-23)17-4-2-1-3-5-17/h1-10H,11-15H2. The third kappa shape index (κ3) is 5.05. The molecule has 4 nitrogen and oxygen atoms in total. The molecule has 0 aliphatic carbocycles. The molecule has 0 aromatic heterocycles. The van der Waals surface area contributed by atoms with E-state index in [1.807, 2.05) is 42.5 Å². The van der Waals surface area contributed by atoms with E-state index in [0.717, 1.165) is 16.5 Å². The van der Waals surface area contributed by atoms with Gasteiger partial charge in [-0.1, -0.05) is 64.5 Å². The van der Waals surface area contributed by atoms with E-state index in [4.69, 9.17) is 4.74 Å². The Morgan fingerprint density at radius 1 is 1.04 bits per heavy atom. The molecule has 5 heteroatoms. The van der Waals surface area contributed by atoms with Crippen molar-refractivity contribution in [2.24, 2.45) is 0 Å². The van der Waals surface area contributed by atoms with Crippen LogP contribution in [0.2, 0.25) is 0 Å². The molecule has 0 saturated carbocycles. The summed E-state index contributed by atoms with van der Waals surface area (Å²) >= 11 is 3.35. The van der Waals surface area contributed by atoms with Crippen molar-refractivity contribution in [1.29, 1.82) is 0 Å². The molecule has 3 rings (SSSR count). The molecule has 1 aliphatic rings. The Balaban J connectivity index is 1.46. The Bertz CT molecular complexity index is 800. The predicted molar refractivity (Wildman–Crippen MR) is 104 cm³/mol. The van der Waals surface area contributed by atoms with Crippen LogP contribution in [0.4, 0.5) is 0 Å². The first-order valence-electron chi connectivity index (χ1n) is 8.54. The minimum absolute atomic E-state index is 0.155. The fourth-order valence-corrected chi connectivity index (χ4v) is 3.13. The Morgan fingerprint density at radius 3 is 2.42 bits per heavy atom. The Hall–Kier alpha value is -2.40. The zero-order valence-electron chi connectivity index (χ0n) is 14.4. The fourth-order valence-electron chi connectivity index (χ4n) is 2.86. The van der Waals surface area contributed by atoms with Gasteiger partial charge in [-0.3, -0.25) is 9.59 Å². The van der Waals surface area contributed by atoms with Crippen LogP contribution in [0.1, 0.15) is 17.5 Å². The maximum Gasteiger partial charge on any atom is 0.310 e. The minimum Gasteiger partial charge on any atom is -0.455 e. The van der Waals surface area contributed by atoms with Crippen molar-refractivity contribution < 1.29 is 14.3 Å². The van der Waals surface area contributed by atoms with Crippen molar-refractivity contribution in [2.45, 2.75) is 12.8 Å². The van der Waals surface area contributed by atoms with Gasteiger partial charge in [-0.05, 0) is 35.3 Å². The van der Waals surface area contributed by atoms with Crippen LogP contribution in [0.15, 0.2) is 65.1 Å². The van der Waals surface area contributed by atoms with Gasteiger partial charge in [0, 0.05) is 17.6 Å². The SMILES string of the molecule is O=C(Cc1ccc(Br)cc1)OCC(=O)N1CC=C(c2ccccc2)CC1. The first-order valence-corrected chi connectivity index (χ1v) is 9.33. The van der Waals surface area contributed by atoms with Crippen molar-refractivity contribution in [1.82, 2.24) is 4.90 Å². The molecule has 1 amide bonds. The zero-order chi connectivity index (χ0) is 18.4. The summed E-state index contributed by atoms with van der Waals surface area (Å²) in [5.41, 5.74) is 3.31. The van der Waals surface area contributed by atoms with Crippen LogP contribution < -0.4 is 0 Å². The van der Waals surface area contributed by atoms with Crippen LogP contribution in [0, 0.1) is 0 Å². The largest absolute Gasteiger partial charge is 0.455 e. The molecular weight excluding hydrogens is 394 g/mol. The Kier molecular flexibility index (Phi) is 6.23. The number of carbonyl (C=O) groups excluding carboxylic acids is 2. The first-order chi connectivity index (χ1) is 12.6. The summed E-state index contributed by atoms with van der Waals surface area (Å²) in [6, 6.07) is 17.6. The Morgan fingerprint density at radius 2 is 1.77 bits per heavy atom. The van der Waals surface area contributed by atoms with Crippen molar-refractivity contribution in [2.75, 3.05) is 19.7 Å². The topological polar surface area (TPSA) is 46.6 Å². The van der Waals surface area contributed by atoms with Gasteiger partial charge in [0.2, 0.25) is 0 Å². The fraction of sp³-hybridized carbons (Fsp3) is 0.238. The monoisotopic (exact) mass is 413 g/mol. The molecule has 0 saturated heterocycles. The average Bonchev–Trinajstić information content (AvgIpc) is 2.69. The number of carbonyl (C=O) groups is 2. The zero-order valence-corrected chi connectivity index (χ0v) is 15.9. The van der Waals surface area contributed by atoms with Crippen molar-refractivity contribution >= 4 is 33.4 Å². The molecule has 2 aromatic carbocycles. The summed E-state index contributed by atoms with van der Waals surface area (Å²) in [6.45, 7) is 0.987. The van der Waals surface area contributed by atoms with Crippen LogP contribution in [0.3, 0.4) is 0 Å². The van der Waals surface area contributed by atoms with Gasteiger partial charge in [0.15, 0.2) is 6.61 Å². The third-order valence-corrected chi connectivity index (χ3v) is 4.85. The van der Waals surface area contributed by atoms with Gasteiger partial charge in [0.1, 0.15) is 0 Å². The molecule has 2 aromatic rings. The number of benzene rings is 2. The predicted octanol–water partition coefficient (Wildman–Crippen LogP) is 3.85. The van der Waals surface area contributed by atoms with E-state index >= 15 is 0 Å². The molecule has 0 atom stereocenters. The maximum absolute atomic E-state index is 12.3. The van der Waals surface area contributed by atoms with E-state index in [1.165, 1.54) is 11.1 Å². The van der Waals surface area contributed by atoms with Crippen molar-refractivity contribution in [3.8, 4) is 0 Å². The molecule has 0 bridgehead atoms. The number of nitrogens with zero attached hydrogens (tertiary/aromatic N) is 1. The number of halogens is 1. The van der Waals surface area contributed by atoms with E-state index in [0.29, 0.717) is 13.1 Å². The molecule has 0 N–H and O–H groups in total. The highest BCUT2D eigenvalue weighted by molar-refractivity contribution is 9.10. The molecule has 0 spiro atoms. The number of hydrogen-bond acceptors (Lipinski definition) is 3. The van der Waals surface area contributed by atoms with Crippen molar-refractivity contribution in [3.63, 3.8) is 0 Å². The summed E-state index contributed by atoms with van der Waals surface area (Å²) in [4.78, 5) is 25.9. The van der Waals surface area contributed by atoms with Crippen LogP contribution in [-0.2, 0) is 20.7 Å². The van der Waals surface area contributed by atoms with E-state index in [9.17, 15) is 9.59 Å².